The number of benzene rings is 5. The first-order valence-corrected chi connectivity index (χ1v) is 20.4. The van der Waals surface area contributed by atoms with Gasteiger partial charge in [-0.15, -0.1) is 0 Å². The average molecular weight is 851 g/mol. The molecule has 3 heterocycles. The van der Waals surface area contributed by atoms with Crippen LogP contribution < -0.4 is 25.7 Å². The Morgan fingerprint density at radius 3 is 1.87 bits per heavy atom. The van der Waals surface area contributed by atoms with Crippen LogP contribution in [0.1, 0.15) is 42.7 Å². The lowest BCUT2D eigenvalue weighted by molar-refractivity contribution is -0.164. The molecule has 5 atom stereocenters. The van der Waals surface area contributed by atoms with Gasteiger partial charge in [-0.3, -0.25) is 28.8 Å². The number of aliphatic hydroxyl groups excluding tert-OH is 1. The molecule has 8 rings (SSSR count). The lowest BCUT2D eigenvalue weighted by Crippen LogP contribution is -2.53. The third-order valence-electron chi connectivity index (χ3n) is 11.0. The lowest BCUT2D eigenvalue weighted by Gasteiger charge is -2.41. The van der Waals surface area contributed by atoms with E-state index in [2.05, 4.69) is 15.0 Å². The third kappa shape index (κ3) is 8.24. The number of carbonyl (C=O) groups is 2. The average Bonchev–Trinajstić information content (AvgIpc) is 3.88. The van der Waals surface area contributed by atoms with Crippen molar-refractivity contribution in [2.75, 3.05) is 24.9 Å². The van der Waals surface area contributed by atoms with Gasteiger partial charge in [-0.25, -0.2) is 4.98 Å². The summed E-state index contributed by atoms with van der Waals surface area (Å²) in [5, 5.41) is 12.7. The van der Waals surface area contributed by atoms with Gasteiger partial charge >= 0.3 is 5.97 Å². The number of para-hydroxylation sites is 2. The minimum absolute atomic E-state index is 0.000249. The number of hydrogen-bond acceptors (Lipinski definition) is 12. The van der Waals surface area contributed by atoms with Crippen LogP contribution in [-0.2, 0) is 29.4 Å². The molecular weight excluding hydrogens is 805 g/mol. The van der Waals surface area contributed by atoms with Gasteiger partial charge in [0.15, 0.2) is 29.6 Å². The molecule has 1 aliphatic rings. The Morgan fingerprint density at radius 2 is 1.35 bits per heavy atom. The summed E-state index contributed by atoms with van der Waals surface area (Å²) in [6, 6.07) is 42.0. The maximum absolute atomic E-state index is 16.0. The molecule has 1 aliphatic heterocycles. The van der Waals surface area contributed by atoms with E-state index in [4.69, 9.17) is 29.4 Å². The van der Waals surface area contributed by atoms with Crippen molar-refractivity contribution in [2.45, 2.75) is 56.0 Å². The number of esters is 1. The quantitative estimate of drug-likeness (QED) is 0.0758. The van der Waals surface area contributed by atoms with E-state index in [1.54, 1.807) is 62.8 Å². The topological polar surface area (TPSA) is 193 Å². The minimum atomic E-state index is -1.71. The largest absolute Gasteiger partial charge is 0.497 e. The van der Waals surface area contributed by atoms with Gasteiger partial charge in [-0.05, 0) is 71.6 Å². The number of H-pyrrole nitrogens is 1. The van der Waals surface area contributed by atoms with Crippen LogP contribution in [0.5, 0.6) is 11.5 Å². The number of nitrogens with zero attached hydrogens (tertiary/aromatic N) is 4. The molecule has 15 heteroatoms. The fourth-order valence-electron chi connectivity index (χ4n) is 7.98. The van der Waals surface area contributed by atoms with E-state index in [1.165, 1.54) is 15.8 Å². The number of aromatic nitrogens is 4. The predicted molar refractivity (Wildman–Crippen MR) is 234 cm³/mol. The molecule has 1 saturated heterocycles. The first-order chi connectivity index (χ1) is 30.7. The maximum atomic E-state index is 16.0. The van der Waals surface area contributed by atoms with Crippen molar-refractivity contribution >= 4 is 40.4 Å². The Morgan fingerprint density at radius 1 is 0.825 bits per heavy atom. The molecule has 322 valence electrons. The number of carbonyl (C=O) groups excluding carboxylic acids is 2. The maximum Gasteiger partial charge on any atom is 0.306 e. The zero-order valence-corrected chi connectivity index (χ0v) is 34.7. The number of nitrogens with two attached hydrogens (primary N) is 1. The number of amides is 1. The Kier molecular flexibility index (Phi) is 12.3. The summed E-state index contributed by atoms with van der Waals surface area (Å²) in [5.74, 6) is -0.297. The van der Waals surface area contributed by atoms with Gasteiger partial charge in [0.2, 0.25) is 5.95 Å². The number of methoxy groups -OCH3 is 2. The van der Waals surface area contributed by atoms with E-state index in [-0.39, 0.29) is 23.5 Å². The fraction of sp³-hybridized carbons (Fsp3) is 0.229. The molecule has 15 nitrogen and oxygen atoms in total. The Bertz CT molecular complexity index is 2630. The van der Waals surface area contributed by atoms with Crippen LogP contribution in [0.3, 0.4) is 0 Å². The van der Waals surface area contributed by atoms with Gasteiger partial charge in [0.25, 0.3) is 11.5 Å². The summed E-state index contributed by atoms with van der Waals surface area (Å²) in [5.41, 5.74) is 6.50. The Hall–Kier alpha value is -7.33. The monoisotopic (exact) mass is 850 g/mol. The summed E-state index contributed by atoms with van der Waals surface area (Å²) < 4.78 is 32.9. The molecule has 0 spiro atoms. The summed E-state index contributed by atoms with van der Waals surface area (Å²) in [6.07, 6.45) is -6.04. The molecule has 1 amide bonds. The van der Waals surface area contributed by atoms with Crippen LogP contribution in [0.4, 0.5) is 17.3 Å². The normalized spacial score (nSPS) is 17.8. The van der Waals surface area contributed by atoms with E-state index < -0.39 is 53.7 Å². The molecule has 0 radical (unpaired) electrons. The Labute approximate surface area is 362 Å². The molecule has 0 aliphatic carbocycles. The van der Waals surface area contributed by atoms with Gasteiger partial charge in [-0.2, -0.15) is 4.98 Å². The molecule has 0 saturated carbocycles. The second-order valence-corrected chi connectivity index (χ2v) is 14.8. The number of aromatic amines is 1. The summed E-state index contributed by atoms with van der Waals surface area (Å²) in [6.45, 7) is 1.82. The highest BCUT2D eigenvalue weighted by Crippen LogP contribution is 2.46. The molecule has 0 bridgehead atoms. The van der Waals surface area contributed by atoms with Gasteiger partial charge < -0.3 is 34.5 Å². The summed E-state index contributed by atoms with van der Waals surface area (Å²) in [4.78, 5) is 54.9. The number of imidazole rings is 1. The smallest absolute Gasteiger partial charge is 0.306 e. The molecule has 63 heavy (non-hydrogen) atoms. The molecule has 7 aromatic rings. The van der Waals surface area contributed by atoms with Gasteiger partial charge in [0.05, 0.1) is 20.5 Å². The van der Waals surface area contributed by atoms with Crippen LogP contribution in [0.15, 0.2) is 151 Å². The first kappa shape index (κ1) is 42.4. The van der Waals surface area contributed by atoms with Crippen molar-refractivity contribution in [3.8, 4) is 11.5 Å². The molecule has 5 aromatic carbocycles. The first-order valence-electron chi connectivity index (χ1n) is 20.4. The van der Waals surface area contributed by atoms with E-state index >= 15 is 4.79 Å². The number of aliphatic hydroxyl groups is 1. The van der Waals surface area contributed by atoms with Crippen LogP contribution in [0.25, 0.3) is 11.2 Å². The number of ether oxygens (including phenoxy) is 5. The molecular formula is C48H46N6O9. The SMILES string of the molecule is CCCC(=O)O[C@@H]1[C@H](O)[C@@H](C(OC(c2ccccc2)(c2ccc(OC)cc2)c2ccc(OC)cc2)C(=O)N(c2ccccc2)c2ccccc2)O[C@H]1n1cnc2c(=O)[nH]c(N)nc21. The predicted octanol–water partition coefficient (Wildman–Crippen LogP) is 6.43. The zero-order valence-electron chi connectivity index (χ0n) is 34.7. The molecule has 2 aromatic heterocycles. The molecule has 4 N–H and O–H groups in total. The van der Waals surface area contributed by atoms with E-state index in [1.807, 2.05) is 97.9 Å². The van der Waals surface area contributed by atoms with E-state index in [0.29, 0.717) is 46.0 Å². The molecule has 1 unspecified atom stereocenters. The Balaban J connectivity index is 1.38. The highest BCUT2D eigenvalue weighted by Gasteiger charge is 2.56. The third-order valence-corrected chi connectivity index (χ3v) is 11.0. The van der Waals surface area contributed by atoms with Crippen LogP contribution >= 0.6 is 0 Å². The minimum Gasteiger partial charge on any atom is -0.497 e. The highest BCUT2D eigenvalue weighted by molar-refractivity contribution is 6.03. The fourth-order valence-corrected chi connectivity index (χ4v) is 7.98. The van der Waals surface area contributed by atoms with Crippen molar-refractivity contribution in [3.63, 3.8) is 0 Å². The van der Waals surface area contributed by atoms with Gasteiger partial charge in [0.1, 0.15) is 29.3 Å². The van der Waals surface area contributed by atoms with Gasteiger partial charge in [-0.1, -0.05) is 97.9 Å². The van der Waals surface area contributed by atoms with Crippen LogP contribution in [0, 0.1) is 0 Å². The second-order valence-electron chi connectivity index (χ2n) is 14.8. The molecule has 1 fully saturated rings. The van der Waals surface area contributed by atoms with Crippen molar-refractivity contribution in [3.05, 3.63) is 173 Å². The summed E-state index contributed by atoms with van der Waals surface area (Å²) in [7, 11) is 3.14. The highest BCUT2D eigenvalue weighted by atomic mass is 16.6. The second kappa shape index (κ2) is 18.3. The zero-order chi connectivity index (χ0) is 44.1. The number of hydrogen-bond donors (Lipinski definition) is 3. The van der Waals surface area contributed by atoms with Crippen molar-refractivity contribution in [1.29, 1.82) is 0 Å². The number of nitrogen functional groups attached to an aromatic ring is 1. The number of anilines is 3. The number of rotatable bonds is 15. The number of nitrogens with one attached hydrogen (secondary N) is 1. The van der Waals surface area contributed by atoms with Crippen molar-refractivity contribution in [1.82, 2.24) is 19.5 Å². The standard InChI is InChI=1S/C48H46N6O9/c1-4-14-37(55)61-41-39(56)40(62-46(41)53-29-50-38-43(53)51-47(49)52-44(38)57)42(45(58)54(33-17-10-6-11-18-33)34-19-12-7-13-20-34)63-48(30-15-8-5-9-16-30,31-21-25-35(59-2)26-22-31)32-23-27-36(60-3)28-24-32/h5-13,15-29,39-42,46,56H,4,14H2,1-3H3,(H3,49,51,52,57)/t39-,40+,41-,42?,46-/m1/s1. The van der Waals surface area contributed by atoms with Gasteiger partial charge in [0, 0.05) is 17.8 Å². The van der Waals surface area contributed by atoms with Crippen LogP contribution in [0.2, 0.25) is 0 Å². The van der Waals surface area contributed by atoms with E-state index in [0.717, 1.165) is 0 Å². The summed E-state index contributed by atoms with van der Waals surface area (Å²) >= 11 is 0. The van der Waals surface area contributed by atoms with E-state index in [9.17, 15) is 14.7 Å². The van der Waals surface area contributed by atoms with Crippen molar-refractivity contribution in [2.24, 2.45) is 0 Å². The number of fused-ring (bicyclic) bond motifs is 1. The van der Waals surface area contributed by atoms with Crippen LogP contribution in [-0.4, -0.2) is 75.1 Å². The van der Waals surface area contributed by atoms with Crippen molar-refractivity contribution < 1.29 is 38.4 Å². The lowest BCUT2D eigenvalue weighted by atomic mass is 9.79.